The molecule has 8 heteroatoms. The quantitative estimate of drug-likeness (QED) is 0.614. The van der Waals surface area contributed by atoms with E-state index in [-0.39, 0.29) is 18.3 Å². The molecule has 2 aromatic rings. The number of benzene rings is 2. The molecule has 1 aliphatic rings. The third-order valence-corrected chi connectivity index (χ3v) is 4.68. The number of thiocarbonyl (C=S) groups is 1. The molecule has 1 heterocycles. The van der Waals surface area contributed by atoms with Crippen LogP contribution in [0.3, 0.4) is 0 Å². The Bertz CT molecular complexity index is 915. The molecular weight excluding hydrogens is 380 g/mol. The zero-order chi connectivity index (χ0) is 18.7. The van der Waals surface area contributed by atoms with E-state index in [0.29, 0.717) is 20.5 Å². The van der Waals surface area contributed by atoms with Crippen LogP contribution in [0.5, 0.6) is 11.5 Å². The highest BCUT2D eigenvalue weighted by Gasteiger charge is 2.22. The zero-order valence-corrected chi connectivity index (χ0v) is 15.2. The summed E-state index contributed by atoms with van der Waals surface area (Å²) in [6.45, 7) is 0.0144. The first kappa shape index (κ1) is 18.3. The van der Waals surface area contributed by atoms with Gasteiger partial charge in [-0.25, -0.2) is 8.78 Å². The Morgan fingerprint density at radius 2 is 1.96 bits per heavy atom. The van der Waals surface area contributed by atoms with E-state index in [1.807, 2.05) is 0 Å². The minimum Gasteiger partial charge on any atom is -0.496 e. The van der Waals surface area contributed by atoms with Gasteiger partial charge in [-0.1, -0.05) is 30.0 Å². The summed E-state index contributed by atoms with van der Waals surface area (Å²) in [6.07, 6.45) is 1.70. The third kappa shape index (κ3) is 4.20. The first-order valence-electron chi connectivity index (χ1n) is 7.46. The van der Waals surface area contributed by atoms with Gasteiger partial charge in [0, 0.05) is 11.6 Å². The van der Waals surface area contributed by atoms with E-state index < -0.39 is 11.6 Å². The van der Waals surface area contributed by atoms with E-state index in [2.05, 4.69) is 5.32 Å². The van der Waals surface area contributed by atoms with Gasteiger partial charge in [-0.3, -0.25) is 4.79 Å². The standard InChI is InChI=1S/C18H13F2NO3S2/c1-23-14-4-2-10(7-16-17(22)21-18(25)26-16)6-11(14)9-24-15-5-3-12(19)8-13(15)20/h2-8H,9H2,1H3,(H,21,22,25)/b16-7+. The molecule has 1 amide bonds. The number of methoxy groups -OCH3 is 1. The van der Waals surface area contributed by atoms with Gasteiger partial charge in [0.1, 0.15) is 22.5 Å². The van der Waals surface area contributed by atoms with Crippen LogP contribution in [-0.2, 0) is 11.4 Å². The number of rotatable bonds is 5. The lowest BCUT2D eigenvalue weighted by molar-refractivity contribution is -0.115. The smallest absolute Gasteiger partial charge is 0.263 e. The molecule has 0 radical (unpaired) electrons. The van der Waals surface area contributed by atoms with Crippen molar-refractivity contribution < 1.29 is 23.0 Å². The second kappa shape index (κ2) is 7.84. The van der Waals surface area contributed by atoms with Crippen molar-refractivity contribution in [1.29, 1.82) is 0 Å². The van der Waals surface area contributed by atoms with Crippen LogP contribution in [0, 0.1) is 11.6 Å². The normalized spacial score (nSPS) is 15.3. The Hall–Kier alpha value is -2.45. The molecule has 134 valence electrons. The van der Waals surface area contributed by atoms with Crippen molar-refractivity contribution in [3.8, 4) is 11.5 Å². The van der Waals surface area contributed by atoms with Crippen LogP contribution in [0.15, 0.2) is 41.3 Å². The highest BCUT2D eigenvalue weighted by molar-refractivity contribution is 8.26. The summed E-state index contributed by atoms with van der Waals surface area (Å²) in [4.78, 5) is 12.2. The summed E-state index contributed by atoms with van der Waals surface area (Å²) < 4.78 is 37.8. The van der Waals surface area contributed by atoms with Crippen LogP contribution in [-0.4, -0.2) is 17.3 Å². The van der Waals surface area contributed by atoms with Crippen LogP contribution in [0.1, 0.15) is 11.1 Å². The first-order chi connectivity index (χ1) is 12.5. The molecule has 4 nitrogen and oxygen atoms in total. The fourth-order valence-corrected chi connectivity index (χ4v) is 3.37. The molecule has 1 N–H and O–H groups in total. The van der Waals surface area contributed by atoms with Crippen molar-refractivity contribution in [2.75, 3.05) is 7.11 Å². The molecule has 1 fully saturated rings. The van der Waals surface area contributed by atoms with Gasteiger partial charge >= 0.3 is 0 Å². The number of ether oxygens (including phenoxy) is 2. The van der Waals surface area contributed by atoms with Gasteiger partial charge in [-0.05, 0) is 35.9 Å². The lowest BCUT2D eigenvalue weighted by atomic mass is 10.1. The van der Waals surface area contributed by atoms with Gasteiger partial charge < -0.3 is 14.8 Å². The number of carbonyl (C=O) groups excluding carboxylic acids is 1. The summed E-state index contributed by atoms with van der Waals surface area (Å²) in [6, 6.07) is 8.37. The minimum absolute atomic E-state index is 0.0144. The van der Waals surface area contributed by atoms with Gasteiger partial charge in [0.2, 0.25) is 0 Å². The highest BCUT2D eigenvalue weighted by Crippen LogP contribution is 2.29. The maximum atomic E-state index is 13.7. The van der Waals surface area contributed by atoms with E-state index in [1.165, 1.54) is 24.9 Å². The number of thioether (sulfide) groups is 1. The maximum Gasteiger partial charge on any atom is 0.263 e. The summed E-state index contributed by atoms with van der Waals surface area (Å²) in [5.41, 5.74) is 1.39. The van der Waals surface area contributed by atoms with Crippen molar-refractivity contribution in [2.45, 2.75) is 6.61 Å². The lowest BCUT2D eigenvalue weighted by Gasteiger charge is -2.12. The molecular formula is C18H13F2NO3S2. The molecule has 0 spiro atoms. The number of hydrogen-bond acceptors (Lipinski definition) is 5. The van der Waals surface area contributed by atoms with E-state index in [9.17, 15) is 13.6 Å². The molecule has 1 saturated heterocycles. The van der Waals surface area contributed by atoms with Gasteiger partial charge in [0.15, 0.2) is 11.6 Å². The third-order valence-electron chi connectivity index (χ3n) is 3.52. The van der Waals surface area contributed by atoms with Crippen LogP contribution in [0.2, 0.25) is 0 Å². The fraction of sp³-hybridized carbons (Fsp3) is 0.111. The van der Waals surface area contributed by atoms with Gasteiger partial charge in [0.25, 0.3) is 5.91 Å². The summed E-state index contributed by atoms with van der Waals surface area (Å²) in [5, 5.41) is 2.55. The van der Waals surface area contributed by atoms with Crippen LogP contribution >= 0.6 is 24.0 Å². The molecule has 0 aliphatic carbocycles. The molecule has 3 rings (SSSR count). The summed E-state index contributed by atoms with van der Waals surface area (Å²) in [7, 11) is 1.51. The van der Waals surface area contributed by atoms with Crippen LogP contribution in [0.25, 0.3) is 6.08 Å². The van der Waals surface area contributed by atoms with Crippen molar-refractivity contribution >= 4 is 40.3 Å². The summed E-state index contributed by atoms with van der Waals surface area (Å²) in [5.74, 6) is -1.22. The molecule has 0 bridgehead atoms. The Balaban J connectivity index is 1.83. The second-order valence-electron chi connectivity index (χ2n) is 5.29. The van der Waals surface area contributed by atoms with E-state index in [0.717, 1.165) is 17.7 Å². The predicted octanol–water partition coefficient (Wildman–Crippen LogP) is 4.04. The Morgan fingerprint density at radius 1 is 1.19 bits per heavy atom. The number of amides is 1. The molecule has 0 saturated carbocycles. The van der Waals surface area contributed by atoms with Gasteiger partial charge in [-0.2, -0.15) is 0 Å². The Kier molecular flexibility index (Phi) is 5.53. The number of carbonyl (C=O) groups is 1. The molecule has 0 atom stereocenters. The van der Waals surface area contributed by atoms with E-state index >= 15 is 0 Å². The van der Waals surface area contributed by atoms with Crippen molar-refractivity contribution in [1.82, 2.24) is 5.32 Å². The highest BCUT2D eigenvalue weighted by atomic mass is 32.2. The van der Waals surface area contributed by atoms with E-state index in [4.69, 9.17) is 21.7 Å². The molecule has 2 aromatic carbocycles. The van der Waals surface area contributed by atoms with Crippen molar-refractivity contribution in [3.05, 3.63) is 64.1 Å². The zero-order valence-electron chi connectivity index (χ0n) is 13.5. The molecule has 0 unspecified atom stereocenters. The monoisotopic (exact) mass is 393 g/mol. The average molecular weight is 393 g/mol. The van der Waals surface area contributed by atoms with Crippen LogP contribution < -0.4 is 14.8 Å². The van der Waals surface area contributed by atoms with Crippen molar-refractivity contribution in [3.63, 3.8) is 0 Å². The minimum atomic E-state index is -0.783. The maximum absolute atomic E-state index is 13.7. The topological polar surface area (TPSA) is 47.6 Å². The van der Waals surface area contributed by atoms with Crippen LogP contribution in [0.4, 0.5) is 8.78 Å². The predicted molar refractivity (Wildman–Crippen MR) is 100.0 cm³/mol. The van der Waals surface area contributed by atoms with Crippen molar-refractivity contribution in [2.24, 2.45) is 0 Å². The number of nitrogens with one attached hydrogen (secondary N) is 1. The molecule has 26 heavy (non-hydrogen) atoms. The fourth-order valence-electron chi connectivity index (χ4n) is 2.32. The average Bonchev–Trinajstić information content (AvgIpc) is 2.91. The van der Waals surface area contributed by atoms with Gasteiger partial charge in [-0.15, -0.1) is 0 Å². The van der Waals surface area contributed by atoms with E-state index in [1.54, 1.807) is 24.3 Å². The second-order valence-corrected chi connectivity index (χ2v) is 7.01. The lowest BCUT2D eigenvalue weighted by Crippen LogP contribution is -2.17. The first-order valence-corrected chi connectivity index (χ1v) is 8.68. The summed E-state index contributed by atoms with van der Waals surface area (Å²) >= 11 is 6.14. The molecule has 0 aromatic heterocycles. The Labute approximate surface area is 158 Å². The number of halogens is 2. The SMILES string of the molecule is COc1ccc(/C=C2/SC(=S)NC2=O)cc1COc1ccc(F)cc1F. The van der Waals surface area contributed by atoms with Gasteiger partial charge in [0.05, 0.1) is 12.0 Å². The number of hydrogen-bond donors (Lipinski definition) is 1. The Morgan fingerprint density at radius 3 is 2.62 bits per heavy atom. The molecule has 1 aliphatic heterocycles. The largest absolute Gasteiger partial charge is 0.496 e.